The Hall–Kier alpha value is -4.50. The number of aromatic nitrogens is 2. The van der Waals surface area contributed by atoms with Gasteiger partial charge in [0.2, 0.25) is 5.95 Å². The fourth-order valence-electron chi connectivity index (χ4n) is 5.65. The van der Waals surface area contributed by atoms with E-state index in [1.54, 1.807) is 21.3 Å². The Bertz CT molecular complexity index is 1480. The van der Waals surface area contributed by atoms with Gasteiger partial charge in [-0.25, -0.2) is 5.43 Å². The number of nitrogens with zero attached hydrogens (tertiary/aromatic N) is 4. The lowest BCUT2D eigenvalue weighted by molar-refractivity contribution is 0.352. The molecule has 0 saturated heterocycles. The summed E-state index contributed by atoms with van der Waals surface area (Å²) < 4.78 is 16.5. The van der Waals surface area contributed by atoms with Crippen molar-refractivity contribution in [2.45, 2.75) is 32.0 Å². The number of ether oxygens (including phenoxy) is 3. The molecule has 2 N–H and O–H groups in total. The van der Waals surface area contributed by atoms with E-state index in [2.05, 4.69) is 63.1 Å². The van der Waals surface area contributed by atoms with Gasteiger partial charge in [-0.2, -0.15) is 9.97 Å². The summed E-state index contributed by atoms with van der Waals surface area (Å²) >= 11 is 0. The molecule has 0 amide bonds. The van der Waals surface area contributed by atoms with Crippen LogP contribution in [-0.2, 0) is 19.5 Å². The molecule has 1 unspecified atom stereocenters. The van der Waals surface area contributed by atoms with Crippen molar-refractivity contribution in [3.05, 3.63) is 95.1 Å². The quantitative estimate of drug-likeness (QED) is 0.263. The predicted octanol–water partition coefficient (Wildman–Crippen LogP) is 5.13. The zero-order chi connectivity index (χ0) is 28.2. The minimum Gasteiger partial charge on any atom is -0.497 e. The molecule has 6 rings (SSSR count). The molecule has 0 aliphatic carbocycles. The normalized spacial score (nSPS) is 15.4. The molecule has 1 aromatic heterocycles. The Morgan fingerprint density at radius 3 is 2.37 bits per heavy atom. The molecular weight excluding hydrogens is 516 g/mol. The van der Waals surface area contributed by atoms with Gasteiger partial charge in [0.05, 0.1) is 39.5 Å². The van der Waals surface area contributed by atoms with Crippen LogP contribution < -0.4 is 34.9 Å². The van der Waals surface area contributed by atoms with E-state index >= 15 is 0 Å². The van der Waals surface area contributed by atoms with E-state index in [-0.39, 0.29) is 6.04 Å². The number of nitrogens with one attached hydrogen (secondary N) is 2. The molecule has 3 aromatic carbocycles. The van der Waals surface area contributed by atoms with Crippen molar-refractivity contribution in [1.29, 1.82) is 0 Å². The van der Waals surface area contributed by atoms with Gasteiger partial charge in [-0.05, 0) is 47.7 Å². The van der Waals surface area contributed by atoms with Crippen LogP contribution in [-0.4, -0.2) is 44.4 Å². The molecule has 2 aliphatic rings. The fourth-order valence-corrected chi connectivity index (χ4v) is 5.65. The third-order valence-electron chi connectivity index (χ3n) is 7.69. The molecule has 9 nitrogen and oxygen atoms in total. The topological polar surface area (TPSA) is 84.0 Å². The van der Waals surface area contributed by atoms with Gasteiger partial charge in [0.1, 0.15) is 11.6 Å². The molecule has 3 heterocycles. The summed E-state index contributed by atoms with van der Waals surface area (Å²) in [4.78, 5) is 12.5. The maximum Gasteiger partial charge on any atom is 0.226 e. The van der Waals surface area contributed by atoms with Crippen LogP contribution >= 0.6 is 0 Å². The lowest BCUT2D eigenvalue weighted by Gasteiger charge is -2.32. The smallest absolute Gasteiger partial charge is 0.226 e. The highest BCUT2D eigenvalue weighted by molar-refractivity contribution is 5.68. The van der Waals surface area contributed by atoms with Crippen molar-refractivity contribution >= 4 is 17.6 Å². The van der Waals surface area contributed by atoms with E-state index in [4.69, 9.17) is 24.2 Å². The number of anilines is 3. The van der Waals surface area contributed by atoms with Crippen LogP contribution in [0.4, 0.5) is 17.6 Å². The average Bonchev–Trinajstić information content (AvgIpc) is 3.36. The molecular formula is C32H36N6O3. The van der Waals surface area contributed by atoms with Crippen molar-refractivity contribution < 1.29 is 14.2 Å². The predicted molar refractivity (Wildman–Crippen MR) is 161 cm³/mol. The fraction of sp³-hybridized carbons (Fsp3) is 0.312. The van der Waals surface area contributed by atoms with Gasteiger partial charge in [0, 0.05) is 19.6 Å². The third kappa shape index (κ3) is 5.58. The molecule has 1 atom stereocenters. The number of benzene rings is 3. The van der Waals surface area contributed by atoms with Crippen molar-refractivity contribution in [2.24, 2.45) is 0 Å². The summed E-state index contributed by atoms with van der Waals surface area (Å²) in [5.41, 5.74) is 8.38. The van der Waals surface area contributed by atoms with E-state index < -0.39 is 0 Å². The molecule has 0 spiro atoms. The number of rotatable bonds is 11. The minimum absolute atomic E-state index is 0.186. The van der Waals surface area contributed by atoms with Gasteiger partial charge >= 0.3 is 0 Å². The van der Waals surface area contributed by atoms with Gasteiger partial charge in [0.25, 0.3) is 0 Å². The lowest BCUT2D eigenvalue weighted by atomic mass is 10.0. The summed E-state index contributed by atoms with van der Waals surface area (Å²) in [6, 6.07) is 24.9. The van der Waals surface area contributed by atoms with E-state index in [1.165, 1.54) is 16.7 Å². The minimum atomic E-state index is 0.186. The summed E-state index contributed by atoms with van der Waals surface area (Å²) in [6.07, 6.45) is 1.72. The van der Waals surface area contributed by atoms with E-state index in [0.29, 0.717) is 12.5 Å². The van der Waals surface area contributed by atoms with E-state index in [0.717, 1.165) is 66.9 Å². The Balaban J connectivity index is 1.29. The highest BCUT2D eigenvalue weighted by Gasteiger charge is 2.38. The van der Waals surface area contributed by atoms with Crippen LogP contribution in [0.15, 0.2) is 72.8 Å². The Morgan fingerprint density at radius 2 is 1.61 bits per heavy atom. The molecule has 0 saturated carbocycles. The van der Waals surface area contributed by atoms with Crippen molar-refractivity contribution in [2.75, 3.05) is 49.6 Å². The standard InChI is InChI=1S/C32H36N6O3/c1-39-25-14-12-23(13-15-25)20-37-19-17-26-28-30(37)34-32(33-18-16-24-10-7-11-27(40-2)29(24)41-3)35-31(28)38(36-26)21-22-8-5-4-6-9-22/h4-15,26,36H,16-21H2,1-3H3,(H,33,34,35). The van der Waals surface area contributed by atoms with Crippen LogP contribution in [0.1, 0.15) is 34.7 Å². The average molecular weight is 553 g/mol. The molecule has 4 aromatic rings. The first kappa shape index (κ1) is 26.7. The van der Waals surface area contributed by atoms with Gasteiger partial charge in [-0.1, -0.05) is 54.6 Å². The molecule has 41 heavy (non-hydrogen) atoms. The van der Waals surface area contributed by atoms with Gasteiger partial charge < -0.3 is 24.4 Å². The molecule has 9 heteroatoms. The SMILES string of the molecule is COc1ccc(CN2CCC3NN(Cc4ccccc4)c4nc(NCCc5cccc(OC)c5OC)nc2c43)cc1. The van der Waals surface area contributed by atoms with Gasteiger partial charge in [-0.15, -0.1) is 0 Å². The summed E-state index contributed by atoms with van der Waals surface area (Å²) in [5.74, 6) is 4.87. The van der Waals surface area contributed by atoms with Crippen LogP contribution in [0.5, 0.6) is 17.2 Å². The summed E-state index contributed by atoms with van der Waals surface area (Å²) in [6.45, 7) is 3.03. The monoisotopic (exact) mass is 552 g/mol. The first-order chi connectivity index (χ1) is 20.2. The maximum atomic E-state index is 5.63. The first-order valence-electron chi connectivity index (χ1n) is 14.0. The van der Waals surface area contributed by atoms with Crippen LogP contribution in [0, 0.1) is 0 Å². The van der Waals surface area contributed by atoms with Crippen molar-refractivity contribution in [3.63, 3.8) is 0 Å². The van der Waals surface area contributed by atoms with Gasteiger partial charge in [0.15, 0.2) is 17.3 Å². The molecule has 0 fully saturated rings. The number of hydrazine groups is 1. The van der Waals surface area contributed by atoms with E-state index in [9.17, 15) is 0 Å². The zero-order valence-corrected chi connectivity index (χ0v) is 23.8. The number of hydrogen-bond acceptors (Lipinski definition) is 9. The van der Waals surface area contributed by atoms with Crippen LogP contribution in [0.2, 0.25) is 0 Å². The Labute approximate surface area is 241 Å². The van der Waals surface area contributed by atoms with Gasteiger partial charge in [-0.3, -0.25) is 5.01 Å². The third-order valence-corrected chi connectivity index (χ3v) is 7.69. The Kier molecular flexibility index (Phi) is 7.78. The number of para-hydroxylation sites is 1. The van der Waals surface area contributed by atoms with Crippen molar-refractivity contribution in [3.8, 4) is 17.2 Å². The highest BCUT2D eigenvalue weighted by Crippen LogP contribution is 2.44. The largest absolute Gasteiger partial charge is 0.497 e. The second-order valence-corrected chi connectivity index (χ2v) is 10.2. The zero-order valence-electron chi connectivity index (χ0n) is 23.8. The van der Waals surface area contributed by atoms with Crippen molar-refractivity contribution in [1.82, 2.24) is 15.4 Å². The van der Waals surface area contributed by atoms with E-state index in [1.807, 2.05) is 30.3 Å². The molecule has 212 valence electrons. The summed E-state index contributed by atoms with van der Waals surface area (Å²) in [7, 11) is 5.02. The maximum absolute atomic E-state index is 5.63. The second-order valence-electron chi connectivity index (χ2n) is 10.2. The van der Waals surface area contributed by atoms with Crippen LogP contribution in [0.3, 0.4) is 0 Å². The lowest BCUT2D eigenvalue weighted by Crippen LogP contribution is -2.37. The second kappa shape index (κ2) is 11.9. The Morgan fingerprint density at radius 1 is 0.829 bits per heavy atom. The first-order valence-corrected chi connectivity index (χ1v) is 14.0. The molecule has 2 aliphatic heterocycles. The summed E-state index contributed by atoms with van der Waals surface area (Å²) in [5, 5.41) is 5.67. The highest BCUT2D eigenvalue weighted by atomic mass is 16.5. The molecule has 0 radical (unpaired) electrons. The van der Waals surface area contributed by atoms with Crippen LogP contribution in [0.25, 0.3) is 0 Å². The number of hydrogen-bond donors (Lipinski definition) is 2. The number of methoxy groups -OCH3 is 3. The molecule has 0 bridgehead atoms.